The lowest BCUT2D eigenvalue weighted by molar-refractivity contribution is -0.387. The molecular weight excluding hydrogens is 329 g/mol. The van der Waals surface area contributed by atoms with Crippen molar-refractivity contribution in [3.63, 3.8) is 0 Å². The van der Waals surface area contributed by atoms with Gasteiger partial charge in [0.1, 0.15) is 5.54 Å². The minimum atomic E-state index is -0.800. The van der Waals surface area contributed by atoms with E-state index < -0.39 is 22.0 Å². The molecule has 0 unspecified atom stereocenters. The molecule has 0 radical (unpaired) electrons. The number of likely N-dealkylation sites (tertiary alicyclic amines) is 1. The summed E-state index contributed by atoms with van der Waals surface area (Å²) in [5.41, 5.74) is -0.735. The average molecular weight is 351 g/mol. The first-order valence-electron chi connectivity index (χ1n) is 8.40. The molecule has 136 valence electrons. The number of nitro groups is 1. The molecule has 0 spiro atoms. The Morgan fingerprint density at radius 2 is 2.04 bits per heavy atom. The fraction of sp³-hybridized carbons (Fsp3) is 0.588. The number of piperidine rings is 1. The van der Waals surface area contributed by atoms with Crippen molar-refractivity contribution in [2.75, 3.05) is 32.1 Å². The number of anilines is 1. The number of hydrogen-bond acceptors (Lipinski definition) is 6. The molecule has 0 aromatic heterocycles. The van der Waals surface area contributed by atoms with Crippen LogP contribution in [0.3, 0.4) is 0 Å². The summed E-state index contributed by atoms with van der Waals surface area (Å²) in [5.74, 6) is -0.977. The summed E-state index contributed by atoms with van der Waals surface area (Å²) in [6.45, 7) is 1.45. The van der Waals surface area contributed by atoms with Gasteiger partial charge in [-0.1, -0.05) is 6.07 Å². The summed E-state index contributed by atoms with van der Waals surface area (Å²) in [5, 5.41) is 10.9. The van der Waals surface area contributed by atoms with Crippen LogP contribution in [0.4, 0.5) is 15.8 Å². The van der Waals surface area contributed by atoms with Gasteiger partial charge in [0, 0.05) is 32.2 Å². The number of halogens is 1. The van der Waals surface area contributed by atoms with Crippen LogP contribution in [0.25, 0.3) is 0 Å². The molecule has 2 aliphatic rings. The Hall–Kier alpha value is -2.22. The third-order valence-corrected chi connectivity index (χ3v) is 5.44. The summed E-state index contributed by atoms with van der Waals surface area (Å²) in [4.78, 5) is 26.1. The molecular formula is C17H22FN3O4. The third-order valence-electron chi connectivity index (χ3n) is 5.44. The summed E-state index contributed by atoms with van der Waals surface area (Å²) in [7, 11) is 3.17. The van der Waals surface area contributed by atoms with Crippen LogP contribution in [0.1, 0.15) is 25.7 Å². The highest BCUT2D eigenvalue weighted by Gasteiger charge is 2.56. The number of nitrogens with zero attached hydrogens (tertiary/aromatic N) is 3. The number of nitro benzene ring substituents is 1. The Labute approximate surface area is 145 Å². The molecule has 2 fully saturated rings. The highest BCUT2D eigenvalue weighted by Crippen LogP contribution is 2.44. The van der Waals surface area contributed by atoms with Crippen LogP contribution >= 0.6 is 0 Å². The maximum absolute atomic E-state index is 14.4. The zero-order chi connectivity index (χ0) is 18.2. The van der Waals surface area contributed by atoms with Crippen molar-refractivity contribution in [3.8, 4) is 0 Å². The molecule has 3 rings (SSSR count). The summed E-state index contributed by atoms with van der Waals surface area (Å²) < 4.78 is 19.3. The lowest BCUT2D eigenvalue weighted by Crippen LogP contribution is -2.51. The average Bonchev–Trinajstić information content (AvgIpc) is 3.42. The second kappa shape index (κ2) is 6.59. The van der Waals surface area contributed by atoms with Crippen molar-refractivity contribution in [2.24, 2.45) is 0 Å². The molecule has 1 aromatic rings. The fourth-order valence-corrected chi connectivity index (χ4v) is 3.76. The maximum atomic E-state index is 14.4. The number of rotatable bonds is 5. The second-order valence-corrected chi connectivity index (χ2v) is 6.72. The van der Waals surface area contributed by atoms with Gasteiger partial charge in [0.2, 0.25) is 5.82 Å². The van der Waals surface area contributed by atoms with Gasteiger partial charge in [-0.15, -0.1) is 0 Å². The van der Waals surface area contributed by atoms with Gasteiger partial charge in [0.05, 0.1) is 17.7 Å². The van der Waals surface area contributed by atoms with E-state index >= 15 is 0 Å². The molecule has 0 atom stereocenters. The van der Waals surface area contributed by atoms with Crippen LogP contribution in [0.2, 0.25) is 0 Å². The van der Waals surface area contributed by atoms with E-state index in [-0.39, 0.29) is 17.7 Å². The van der Waals surface area contributed by atoms with E-state index in [4.69, 9.17) is 4.74 Å². The standard InChI is InChI=1S/C17H22FN3O4/c1-19(13-4-3-5-14(15(13)18)21(23)24)12-6-10-20(11-7-12)17(8-9-17)16(22)25-2/h3-5,12H,6-11H2,1-2H3. The number of benzene rings is 1. The SMILES string of the molecule is COC(=O)C1(N2CCC(N(C)c3cccc([N+](=O)[O-])c3F)CC2)CC1. The van der Waals surface area contributed by atoms with Crippen LogP contribution in [-0.4, -0.2) is 54.6 Å². The fourth-order valence-electron chi connectivity index (χ4n) is 3.76. The lowest BCUT2D eigenvalue weighted by atomic mass is 10.00. The van der Waals surface area contributed by atoms with Crippen LogP contribution < -0.4 is 4.90 Å². The predicted molar refractivity (Wildman–Crippen MR) is 90.0 cm³/mol. The van der Waals surface area contributed by atoms with E-state index in [0.29, 0.717) is 0 Å². The Balaban J connectivity index is 1.68. The van der Waals surface area contributed by atoms with E-state index in [0.717, 1.165) is 38.8 Å². The molecule has 0 N–H and O–H groups in total. The second-order valence-electron chi connectivity index (χ2n) is 6.72. The highest BCUT2D eigenvalue weighted by atomic mass is 19.1. The first-order valence-corrected chi connectivity index (χ1v) is 8.40. The Morgan fingerprint density at radius 3 is 2.56 bits per heavy atom. The number of methoxy groups -OCH3 is 1. The monoisotopic (exact) mass is 351 g/mol. The van der Waals surface area contributed by atoms with Crippen LogP contribution in [0.5, 0.6) is 0 Å². The topological polar surface area (TPSA) is 75.9 Å². The first kappa shape index (κ1) is 17.6. The summed E-state index contributed by atoms with van der Waals surface area (Å²) in [6, 6.07) is 4.30. The van der Waals surface area contributed by atoms with Crippen molar-refractivity contribution in [2.45, 2.75) is 37.3 Å². The van der Waals surface area contributed by atoms with E-state index in [1.165, 1.54) is 19.2 Å². The van der Waals surface area contributed by atoms with Gasteiger partial charge in [0.15, 0.2) is 0 Å². The van der Waals surface area contributed by atoms with E-state index in [1.807, 2.05) is 0 Å². The minimum Gasteiger partial charge on any atom is -0.468 e. The van der Waals surface area contributed by atoms with E-state index in [1.54, 1.807) is 18.0 Å². The van der Waals surface area contributed by atoms with Gasteiger partial charge < -0.3 is 9.64 Å². The minimum absolute atomic E-state index is 0.0706. The van der Waals surface area contributed by atoms with Crippen molar-refractivity contribution < 1.29 is 18.8 Å². The molecule has 1 saturated heterocycles. The van der Waals surface area contributed by atoms with Crippen molar-refractivity contribution >= 4 is 17.3 Å². The first-order chi connectivity index (χ1) is 11.9. The number of ether oxygens (including phenoxy) is 1. The van der Waals surface area contributed by atoms with Crippen LogP contribution in [-0.2, 0) is 9.53 Å². The Kier molecular flexibility index (Phi) is 4.64. The Morgan fingerprint density at radius 1 is 1.40 bits per heavy atom. The van der Waals surface area contributed by atoms with Gasteiger partial charge in [-0.2, -0.15) is 4.39 Å². The maximum Gasteiger partial charge on any atom is 0.326 e. The third kappa shape index (κ3) is 3.06. The van der Waals surface area contributed by atoms with E-state index in [9.17, 15) is 19.3 Å². The zero-order valence-electron chi connectivity index (χ0n) is 14.4. The lowest BCUT2D eigenvalue weighted by Gasteiger charge is -2.40. The van der Waals surface area contributed by atoms with Gasteiger partial charge >= 0.3 is 11.7 Å². The van der Waals surface area contributed by atoms with Gasteiger partial charge in [-0.05, 0) is 31.7 Å². The van der Waals surface area contributed by atoms with Crippen molar-refractivity contribution in [1.82, 2.24) is 4.90 Å². The number of esters is 1. The van der Waals surface area contributed by atoms with Crippen molar-refractivity contribution in [1.29, 1.82) is 0 Å². The molecule has 1 aromatic carbocycles. The number of carbonyl (C=O) groups is 1. The van der Waals surface area contributed by atoms with Gasteiger partial charge in [-0.3, -0.25) is 19.8 Å². The van der Waals surface area contributed by atoms with Crippen LogP contribution in [0, 0.1) is 15.9 Å². The smallest absolute Gasteiger partial charge is 0.326 e. The molecule has 1 saturated carbocycles. The molecule has 1 aliphatic carbocycles. The van der Waals surface area contributed by atoms with Gasteiger partial charge in [-0.25, -0.2) is 0 Å². The van der Waals surface area contributed by atoms with Crippen molar-refractivity contribution in [3.05, 3.63) is 34.1 Å². The summed E-state index contributed by atoms with van der Waals surface area (Å²) >= 11 is 0. The number of carbonyl (C=O) groups excluding carboxylic acids is 1. The molecule has 1 heterocycles. The molecule has 7 nitrogen and oxygen atoms in total. The van der Waals surface area contributed by atoms with Gasteiger partial charge in [0.25, 0.3) is 0 Å². The Bertz CT molecular complexity index is 684. The van der Waals surface area contributed by atoms with E-state index in [2.05, 4.69) is 4.90 Å². The summed E-state index contributed by atoms with van der Waals surface area (Å²) in [6.07, 6.45) is 3.16. The highest BCUT2D eigenvalue weighted by molar-refractivity contribution is 5.84. The molecule has 0 amide bonds. The molecule has 0 bridgehead atoms. The zero-order valence-corrected chi connectivity index (χ0v) is 14.4. The molecule has 1 aliphatic heterocycles. The van der Waals surface area contributed by atoms with Crippen LogP contribution in [0.15, 0.2) is 18.2 Å². The largest absolute Gasteiger partial charge is 0.468 e. The number of hydrogen-bond donors (Lipinski definition) is 0. The molecule has 25 heavy (non-hydrogen) atoms. The normalized spacial score (nSPS) is 20.1. The quantitative estimate of drug-likeness (QED) is 0.460. The predicted octanol–water partition coefficient (Wildman–Crippen LogP) is 2.34. The molecule has 8 heteroatoms.